The van der Waals surface area contributed by atoms with E-state index < -0.39 is 5.91 Å². The fourth-order valence-corrected chi connectivity index (χ4v) is 2.18. The van der Waals surface area contributed by atoms with Crippen LogP contribution in [0.1, 0.15) is 17.3 Å². The third kappa shape index (κ3) is 2.80. The van der Waals surface area contributed by atoms with E-state index in [0.29, 0.717) is 12.3 Å². The second kappa shape index (κ2) is 6.23. The van der Waals surface area contributed by atoms with Crippen molar-refractivity contribution in [1.82, 2.24) is 9.99 Å². The van der Waals surface area contributed by atoms with Crippen LogP contribution in [0.4, 0.5) is 0 Å². The molecular weight excluding hydrogens is 270 g/mol. The van der Waals surface area contributed by atoms with E-state index in [2.05, 4.69) is 0 Å². The maximum absolute atomic E-state index is 12.4. The molecule has 0 radical (unpaired) electrons. The van der Waals surface area contributed by atoms with Crippen molar-refractivity contribution in [3.05, 3.63) is 52.3 Å². The minimum absolute atomic E-state index is 0.0194. The molecule has 0 spiro atoms. The van der Waals surface area contributed by atoms with Crippen molar-refractivity contribution in [2.45, 2.75) is 13.5 Å². The molecule has 1 aromatic carbocycles. The Labute approximate surface area is 122 Å². The van der Waals surface area contributed by atoms with Crippen molar-refractivity contribution in [2.24, 2.45) is 5.84 Å². The van der Waals surface area contributed by atoms with Crippen molar-refractivity contribution in [1.29, 1.82) is 0 Å². The summed E-state index contributed by atoms with van der Waals surface area (Å²) in [6, 6.07) is 10.6. The minimum Gasteiger partial charge on any atom is -0.497 e. The van der Waals surface area contributed by atoms with Gasteiger partial charge in [-0.2, -0.15) is 0 Å². The van der Waals surface area contributed by atoms with E-state index in [4.69, 9.17) is 10.6 Å². The summed E-state index contributed by atoms with van der Waals surface area (Å²) in [5.41, 5.74) is 3.18. The van der Waals surface area contributed by atoms with Crippen LogP contribution < -0.4 is 21.6 Å². The molecule has 0 aliphatic rings. The van der Waals surface area contributed by atoms with Gasteiger partial charge >= 0.3 is 0 Å². The van der Waals surface area contributed by atoms with Crippen LogP contribution in [0.3, 0.4) is 0 Å². The molecule has 110 valence electrons. The number of benzene rings is 1. The molecule has 0 aliphatic carbocycles. The van der Waals surface area contributed by atoms with E-state index >= 15 is 0 Å². The SMILES string of the molecule is CCn1c(-c2cccc(OC)c2)ccc(C(=O)NN)c1=O. The molecule has 0 atom stereocenters. The van der Waals surface area contributed by atoms with Crippen LogP contribution in [0.25, 0.3) is 11.3 Å². The number of pyridine rings is 1. The van der Waals surface area contributed by atoms with Gasteiger partial charge in [-0.25, -0.2) is 5.84 Å². The second-order valence-electron chi connectivity index (χ2n) is 4.39. The first-order valence-corrected chi connectivity index (χ1v) is 6.51. The van der Waals surface area contributed by atoms with Gasteiger partial charge in [0, 0.05) is 12.1 Å². The number of nitrogens with two attached hydrogens (primary N) is 1. The summed E-state index contributed by atoms with van der Waals surface area (Å²) in [5.74, 6) is 5.19. The Bertz CT molecular complexity index is 722. The number of carbonyl (C=O) groups is 1. The molecule has 2 aromatic rings. The lowest BCUT2D eigenvalue weighted by molar-refractivity contribution is 0.0951. The van der Waals surface area contributed by atoms with E-state index in [1.807, 2.05) is 36.6 Å². The molecule has 1 aromatic heterocycles. The number of hydrogen-bond donors (Lipinski definition) is 2. The number of amides is 1. The molecule has 0 fully saturated rings. The molecule has 21 heavy (non-hydrogen) atoms. The largest absolute Gasteiger partial charge is 0.497 e. The number of nitrogens with one attached hydrogen (secondary N) is 1. The highest BCUT2D eigenvalue weighted by Crippen LogP contribution is 2.23. The van der Waals surface area contributed by atoms with Gasteiger partial charge < -0.3 is 9.30 Å². The highest BCUT2D eigenvalue weighted by atomic mass is 16.5. The maximum atomic E-state index is 12.4. The van der Waals surface area contributed by atoms with Crippen LogP contribution in [0.15, 0.2) is 41.2 Å². The van der Waals surface area contributed by atoms with Gasteiger partial charge in [-0.15, -0.1) is 0 Å². The number of nitrogens with zero attached hydrogens (tertiary/aromatic N) is 1. The number of nitrogen functional groups attached to an aromatic ring is 1. The zero-order chi connectivity index (χ0) is 15.4. The third-order valence-electron chi connectivity index (χ3n) is 3.23. The Morgan fingerprint density at radius 3 is 2.71 bits per heavy atom. The Balaban J connectivity index is 2.62. The molecule has 0 aliphatic heterocycles. The molecule has 0 unspecified atom stereocenters. The number of aromatic nitrogens is 1. The molecule has 6 nitrogen and oxygen atoms in total. The van der Waals surface area contributed by atoms with E-state index in [1.54, 1.807) is 13.2 Å². The normalized spacial score (nSPS) is 10.2. The summed E-state index contributed by atoms with van der Waals surface area (Å²) >= 11 is 0. The summed E-state index contributed by atoms with van der Waals surface area (Å²) in [7, 11) is 1.58. The number of hydrogen-bond acceptors (Lipinski definition) is 4. The summed E-state index contributed by atoms with van der Waals surface area (Å²) < 4.78 is 6.72. The van der Waals surface area contributed by atoms with Crippen molar-refractivity contribution < 1.29 is 9.53 Å². The van der Waals surface area contributed by atoms with Gasteiger partial charge in [-0.3, -0.25) is 15.0 Å². The highest BCUT2D eigenvalue weighted by Gasteiger charge is 2.14. The predicted molar refractivity (Wildman–Crippen MR) is 80.0 cm³/mol. The van der Waals surface area contributed by atoms with Crippen LogP contribution in [-0.2, 0) is 6.54 Å². The first kappa shape index (κ1) is 14.8. The Morgan fingerprint density at radius 2 is 2.10 bits per heavy atom. The van der Waals surface area contributed by atoms with E-state index in [0.717, 1.165) is 11.3 Å². The Morgan fingerprint density at radius 1 is 1.33 bits per heavy atom. The Hall–Kier alpha value is -2.60. The fraction of sp³-hybridized carbons (Fsp3) is 0.200. The summed E-state index contributed by atoms with van der Waals surface area (Å²) in [6.45, 7) is 2.28. The monoisotopic (exact) mass is 287 g/mol. The zero-order valence-electron chi connectivity index (χ0n) is 11.9. The van der Waals surface area contributed by atoms with Crippen LogP contribution in [0.5, 0.6) is 5.75 Å². The standard InChI is InChI=1S/C15H17N3O3/c1-3-18-13(10-5-4-6-11(9-10)21-2)8-7-12(15(18)20)14(19)17-16/h4-9H,3,16H2,1-2H3,(H,17,19). The van der Waals surface area contributed by atoms with Crippen molar-refractivity contribution >= 4 is 5.91 Å². The number of ether oxygens (including phenoxy) is 1. The fourth-order valence-electron chi connectivity index (χ4n) is 2.18. The lowest BCUT2D eigenvalue weighted by atomic mass is 10.1. The van der Waals surface area contributed by atoms with Gasteiger partial charge in [0.15, 0.2) is 0 Å². The maximum Gasteiger partial charge on any atom is 0.270 e. The van der Waals surface area contributed by atoms with Gasteiger partial charge in [0.1, 0.15) is 11.3 Å². The summed E-state index contributed by atoms with van der Waals surface area (Å²) in [4.78, 5) is 23.9. The van der Waals surface area contributed by atoms with E-state index in [-0.39, 0.29) is 11.1 Å². The molecule has 1 heterocycles. The highest BCUT2D eigenvalue weighted by molar-refractivity contribution is 5.93. The lowest BCUT2D eigenvalue weighted by Gasteiger charge is -2.13. The molecule has 0 saturated carbocycles. The van der Waals surface area contributed by atoms with Crippen molar-refractivity contribution in [3.8, 4) is 17.0 Å². The molecule has 0 bridgehead atoms. The molecule has 0 saturated heterocycles. The first-order chi connectivity index (χ1) is 10.1. The number of methoxy groups -OCH3 is 1. The molecule has 6 heteroatoms. The zero-order valence-corrected chi connectivity index (χ0v) is 11.9. The molecule has 3 N–H and O–H groups in total. The van der Waals surface area contributed by atoms with Gasteiger partial charge in [0.25, 0.3) is 11.5 Å². The number of rotatable bonds is 4. The topological polar surface area (TPSA) is 86.3 Å². The summed E-state index contributed by atoms with van der Waals surface area (Å²) in [5, 5.41) is 0. The Kier molecular flexibility index (Phi) is 4.39. The number of hydrazine groups is 1. The second-order valence-corrected chi connectivity index (χ2v) is 4.39. The van der Waals surface area contributed by atoms with E-state index in [1.165, 1.54) is 10.6 Å². The molecule has 2 rings (SSSR count). The van der Waals surface area contributed by atoms with Gasteiger partial charge in [-0.1, -0.05) is 12.1 Å². The van der Waals surface area contributed by atoms with Crippen LogP contribution in [0.2, 0.25) is 0 Å². The summed E-state index contributed by atoms with van der Waals surface area (Å²) in [6.07, 6.45) is 0. The average molecular weight is 287 g/mol. The van der Waals surface area contributed by atoms with Gasteiger partial charge in [-0.05, 0) is 31.2 Å². The van der Waals surface area contributed by atoms with Crippen molar-refractivity contribution in [3.63, 3.8) is 0 Å². The first-order valence-electron chi connectivity index (χ1n) is 6.51. The van der Waals surface area contributed by atoms with Crippen LogP contribution in [0, 0.1) is 0 Å². The molecule has 1 amide bonds. The van der Waals surface area contributed by atoms with E-state index in [9.17, 15) is 9.59 Å². The lowest BCUT2D eigenvalue weighted by Crippen LogP contribution is -2.36. The van der Waals surface area contributed by atoms with Gasteiger partial charge in [0.2, 0.25) is 0 Å². The predicted octanol–water partition coefficient (Wildman–Crippen LogP) is 1.15. The number of carbonyl (C=O) groups excluding carboxylic acids is 1. The molecular formula is C15H17N3O3. The minimum atomic E-state index is -0.598. The average Bonchev–Trinajstić information content (AvgIpc) is 2.53. The smallest absolute Gasteiger partial charge is 0.270 e. The quantitative estimate of drug-likeness (QED) is 0.502. The van der Waals surface area contributed by atoms with Crippen molar-refractivity contribution in [2.75, 3.05) is 7.11 Å². The van der Waals surface area contributed by atoms with Crippen LogP contribution >= 0.6 is 0 Å². The van der Waals surface area contributed by atoms with Crippen LogP contribution in [-0.4, -0.2) is 17.6 Å². The third-order valence-corrected chi connectivity index (χ3v) is 3.23. The van der Waals surface area contributed by atoms with Gasteiger partial charge in [0.05, 0.1) is 12.8 Å².